The first-order valence-electron chi connectivity index (χ1n) is 12.3. The van der Waals surface area contributed by atoms with E-state index in [2.05, 4.69) is 106 Å². The molecule has 4 aromatic carbocycles. The zero-order chi connectivity index (χ0) is 24.9. The van der Waals surface area contributed by atoms with Gasteiger partial charge >= 0.3 is 0 Å². The number of rotatable bonds is 6. The molecule has 0 spiro atoms. The highest BCUT2D eigenvalue weighted by atomic mass is 15.1. The molecular weight excluding hydrogens is 450 g/mol. The average Bonchev–Trinajstić information content (AvgIpc) is 2.99. The van der Waals surface area contributed by atoms with Crippen molar-refractivity contribution in [1.82, 2.24) is 9.97 Å². The van der Waals surface area contributed by atoms with Gasteiger partial charge in [-0.25, -0.2) is 0 Å². The third kappa shape index (κ3) is 4.89. The predicted octanol–water partition coefficient (Wildman–Crippen LogP) is 8.95. The molecule has 6 aromatic rings. The Morgan fingerprint density at radius 1 is 0.351 bits per heavy atom. The van der Waals surface area contributed by atoms with Gasteiger partial charge in [0.2, 0.25) is 0 Å². The lowest BCUT2D eigenvalue weighted by molar-refractivity contribution is 1.28. The fraction of sp³-hybridized carbons (Fsp3) is 0. The minimum Gasteiger partial charge on any atom is -0.311 e. The molecule has 0 radical (unpaired) electrons. The number of pyridine rings is 2. The molecule has 176 valence electrons. The van der Waals surface area contributed by atoms with Gasteiger partial charge in [-0.05, 0) is 90.0 Å². The summed E-state index contributed by atoms with van der Waals surface area (Å²) < 4.78 is 0. The summed E-state index contributed by atoms with van der Waals surface area (Å²) >= 11 is 0. The molecule has 0 unspecified atom stereocenters. The van der Waals surface area contributed by atoms with E-state index in [9.17, 15) is 0 Å². The van der Waals surface area contributed by atoms with Crippen molar-refractivity contribution in [2.24, 2.45) is 0 Å². The molecule has 0 saturated carbocycles. The Bertz CT molecular complexity index is 1490. The summed E-state index contributed by atoms with van der Waals surface area (Å²) in [6.07, 6.45) is 3.66. The van der Waals surface area contributed by atoms with Crippen LogP contribution in [0.3, 0.4) is 0 Å². The van der Waals surface area contributed by atoms with Crippen LogP contribution in [-0.2, 0) is 0 Å². The molecule has 0 amide bonds. The molecule has 0 aliphatic carbocycles. The molecule has 0 aliphatic heterocycles. The molecule has 37 heavy (non-hydrogen) atoms. The maximum atomic E-state index is 4.60. The number of para-hydroxylation sites is 2. The highest BCUT2D eigenvalue weighted by Gasteiger charge is 2.13. The van der Waals surface area contributed by atoms with E-state index in [1.54, 1.807) is 0 Å². The summed E-state index contributed by atoms with van der Waals surface area (Å²) in [6.45, 7) is 0. The Morgan fingerprint density at radius 2 is 0.784 bits per heavy atom. The minimum atomic E-state index is 0.942. The average molecular weight is 476 g/mol. The zero-order valence-corrected chi connectivity index (χ0v) is 20.3. The second-order valence-corrected chi connectivity index (χ2v) is 8.78. The molecule has 0 bridgehead atoms. The standard InChI is InChI=1S/C34H25N3/c1-3-11-30(12-4-1)37(31-13-5-2-6-14-31)32-19-17-26(18-20-32)27-23-28(33-15-7-9-21-35-33)25-29(24-27)34-16-8-10-22-36-34/h1-25H. The van der Waals surface area contributed by atoms with Gasteiger partial charge in [0.1, 0.15) is 0 Å². The number of hydrogen-bond donors (Lipinski definition) is 0. The Kier molecular flexibility index (Phi) is 6.25. The van der Waals surface area contributed by atoms with E-state index in [1.165, 1.54) is 0 Å². The van der Waals surface area contributed by atoms with Gasteiger partial charge in [-0.15, -0.1) is 0 Å². The van der Waals surface area contributed by atoms with Crippen LogP contribution in [0, 0.1) is 0 Å². The molecule has 0 aliphatic rings. The molecule has 2 aromatic heterocycles. The van der Waals surface area contributed by atoms with Crippen molar-refractivity contribution >= 4 is 17.1 Å². The second-order valence-electron chi connectivity index (χ2n) is 8.78. The first-order valence-corrected chi connectivity index (χ1v) is 12.3. The Hall–Kier alpha value is -5.02. The second kappa shape index (κ2) is 10.3. The van der Waals surface area contributed by atoms with Crippen LogP contribution < -0.4 is 4.90 Å². The number of aromatic nitrogens is 2. The van der Waals surface area contributed by atoms with Crippen LogP contribution in [0.1, 0.15) is 0 Å². The van der Waals surface area contributed by atoms with Gasteiger partial charge in [0.15, 0.2) is 0 Å². The smallest absolute Gasteiger partial charge is 0.0702 e. The lowest BCUT2D eigenvalue weighted by Crippen LogP contribution is -2.09. The van der Waals surface area contributed by atoms with Crippen LogP contribution in [0.4, 0.5) is 17.1 Å². The molecule has 0 saturated heterocycles. The van der Waals surface area contributed by atoms with Gasteiger partial charge in [-0.1, -0.05) is 60.7 Å². The number of benzene rings is 4. The van der Waals surface area contributed by atoms with Crippen LogP contribution in [0.25, 0.3) is 33.6 Å². The van der Waals surface area contributed by atoms with Crippen LogP contribution in [0.5, 0.6) is 0 Å². The number of hydrogen-bond acceptors (Lipinski definition) is 3. The maximum Gasteiger partial charge on any atom is 0.0702 e. The quantitative estimate of drug-likeness (QED) is 0.241. The van der Waals surface area contributed by atoms with Crippen molar-refractivity contribution in [3.8, 4) is 33.6 Å². The fourth-order valence-corrected chi connectivity index (χ4v) is 4.56. The lowest BCUT2D eigenvalue weighted by Gasteiger charge is -2.25. The van der Waals surface area contributed by atoms with Crippen molar-refractivity contribution in [2.75, 3.05) is 4.90 Å². The van der Waals surface area contributed by atoms with Gasteiger partial charge in [0.25, 0.3) is 0 Å². The lowest BCUT2D eigenvalue weighted by atomic mass is 9.96. The number of anilines is 3. The molecule has 6 rings (SSSR count). The maximum absolute atomic E-state index is 4.60. The Balaban J connectivity index is 1.43. The molecule has 0 N–H and O–H groups in total. The van der Waals surface area contributed by atoms with Gasteiger partial charge in [-0.2, -0.15) is 0 Å². The first kappa shape index (κ1) is 22.4. The van der Waals surface area contributed by atoms with E-state index in [0.29, 0.717) is 0 Å². The molecule has 2 heterocycles. The summed E-state index contributed by atoms with van der Waals surface area (Å²) in [6, 6.07) is 48.2. The summed E-state index contributed by atoms with van der Waals surface area (Å²) in [5, 5.41) is 0. The predicted molar refractivity (Wildman–Crippen MR) is 153 cm³/mol. The molecule has 3 heteroatoms. The van der Waals surface area contributed by atoms with E-state index >= 15 is 0 Å². The Morgan fingerprint density at radius 3 is 1.24 bits per heavy atom. The topological polar surface area (TPSA) is 29.0 Å². The summed E-state index contributed by atoms with van der Waals surface area (Å²) in [5.41, 5.74) is 9.63. The normalized spacial score (nSPS) is 10.7. The highest BCUT2D eigenvalue weighted by Crippen LogP contribution is 2.36. The van der Waals surface area contributed by atoms with E-state index in [-0.39, 0.29) is 0 Å². The van der Waals surface area contributed by atoms with Crippen molar-refractivity contribution < 1.29 is 0 Å². The van der Waals surface area contributed by atoms with Gasteiger partial charge in [0.05, 0.1) is 11.4 Å². The summed E-state index contributed by atoms with van der Waals surface area (Å²) in [5.74, 6) is 0. The van der Waals surface area contributed by atoms with Crippen LogP contribution in [-0.4, -0.2) is 9.97 Å². The van der Waals surface area contributed by atoms with Crippen molar-refractivity contribution in [3.63, 3.8) is 0 Å². The number of nitrogens with zero attached hydrogens (tertiary/aromatic N) is 3. The molecule has 3 nitrogen and oxygen atoms in total. The first-order chi connectivity index (χ1) is 18.3. The van der Waals surface area contributed by atoms with Crippen molar-refractivity contribution in [3.05, 3.63) is 152 Å². The largest absolute Gasteiger partial charge is 0.311 e. The van der Waals surface area contributed by atoms with Crippen LogP contribution in [0.2, 0.25) is 0 Å². The van der Waals surface area contributed by atoms with Gasteiger partial charge in [0, 0.05) is 40.6 Å². The molecule has 0 atom stereocenters. The van der Waals surface area contributed by atoms with E-state index in [0.717, 1.165) is 50.7 Å². The van der Waals surface area contributed by atoms with E-state index in [1.807, 2.05) is 60.9 Å². The molecular formula is C34H25N3. The third-order valence-corrected chi connectivity index (χ3v) is 6.34. The summed E-state index contributed by atoms with van der Waals surface area (Å²) in [7, 11) is 0. The Labute approximate surface area is 217 Å². The SMILES string of the molecule is c1ccc(N(c2ccccc2)c2ccc(-c3cc(-c4ccccn4)cc(-c4ccccn4)c3)cc2)cc1. The highest BCUT2D eigenvalue weighted by molar-refractivity contribution is 5.81. The minimum absolute atomic E-state index is 0.942. The third-order valence-electron chi connectivity index (χ3n) is 6.34. The fourth-order valence-electron chi connectivity index (χ4n) is 4.56. The zero-order valence-electron chi connectivity index (χ0n) is 20.3. The summed E-state index contributed by atoms with van der Waals surface area (Å²) in [4.78, 5) is 11.5. The van der Waals surface area contributed by atoms with Gasteiger partial charge in [-0.3, -0.25) is 9.97 Å². The van der Waals surface area contributed by atoms with E-state index in [4.69, 9.17) is 0 Å². The monoisotopic (exact) mass is 475 g/mol. The van der Waals surface area contributed by atoms with Gasteiger partial charge < -0.3 is 4.90 Å². The molecule has 0 fully saturated rings. The van der Waals surface area contributed by atoms with E-state index < -0.39 is 0 Å². The van der Waals surface area contributed by atoms with Crippen molar-refractivity contribution in [1.29, 1.82) is 0 Å². The van der Waals surface area contributed by atoms with Crippen molar-refractivity contribution in [2.45, 2.75) is 0 Å². The van der Waals surface area contributed by atoms with Crippen LogP contribution in [0.15, 0.2) is 152 Å². The van der Waals surface area contributed by atoms with Crippen LogP contribution >= 0.6 is 0 Å².